The third-order valence-corrected chi connectivity index (χ3v) is 8.87. The highest BCUT2D eigenvalue weighted by atomic mass is 35.5. The van der Waals surface area contributed by atoms with Gasteiger partial charge in [-0.25, -0.2) is 9.79 Å². The van der Waals surface area contributed by atoms with E-state index in [2.05, 4.69) is 4.99 Å². The summed E-state index contributed by atoms with van der Waals surface area (Å²) in [5, 5.41) is 0.587. The smallest absolute Gasteiger partial charge is 0.338 e. The third kappa shape index (κ3) is 5.23. The first kappa shape index (κ1) is 30.0. The van der Waals surface area contributed by atoms with E-state index in [4.69, 9.17) is 25.8 Å². The summed E-state index contributed by atoms with van der Waals surface area (Å²) in [6, 6.07) is 18.3. The van der Waals surface area contributed by atoms with Gasteiger partial charge in [0.15, 0.2) is 16.3 Å². The number of carbonyl (C=O) groups excluding carboxylic acids is 3. The van der Waals surface area contributed by atoms with Crippen LogP contribution >= 0.6 is 22.9 Å². The zero-order chi connectivity index (χ0) is 32.0. The molecule has 12 heteroatoms. The minimum absolute atomic E-state index is 0.145. The number of allylic oxidation sites excluding steroid dienone is 1. The molecule has 4 aromatic rings. The van der Waals surface area contributed by atoms with Crippen molar-refractivity contribution in [1.29, 1.82) is 0 Å². The van der Waals surface area contributed by atoms with Crippen LogP contribution in [0.25, 0.3) is 5.57 Å². The molecular weight excluding hydrogens is 618 g/mol. The van der Waals surface area contributed by atoms with E-state index in [0.717, 1.165) is 16.9 Å². The molecule has 0 radical (unpaired) electrons. The zero-order valence-corrected chi connectivity index (χ0v) is 26.2. The molecule has 2 aliphatic heterocycles. The predicted octanol–water partition coefficient (Wildman–Crippen LogP) is 3.91. The van der Waals surface area contributed by atoms with Gasteiger partial charge in [0.2, 0.25) is 0 Å². The zero-order valence-electron chi connectivity index (χ0n) is 24.6. The number of rotatable bonds is 6. The lowest BCUT2D eigenvalue weighted by Crippen LogP contribution is -2.40. The van der Waals surface area contributed by atoms with Crippen molar-refractivity contribution in [2.24, 2.45) is 4.99 Å². The Labute approximate surface area is 266 Å². The van der Waals surface area contributed by atoms with Crippen molar-refractivity contribution >= 4 is 52.0 Å². The summed E-state index contributed by atoms with van der Waals surface area (Å²) in [7, 11) is 2.67. The molecule has 1 amide bonds. The van der Waals surface area contributed by atoms with Crippen molar-refractivity contribution in [1.82, 2.24) is 4.57 Å². The quantitative estimate of drug-likeness (QED) is 0.231. The van der Waals surface area contributed by atoms with Gasteiger partial charge in [0, 0.05) is 17.5 Å². The molecule has 10 nitrogen and oxygen atoms in total. The lowest BCUT2D eigenvalue weighted by Gasteiger charge is -2.25. The summed E-state index contributed by atoms with van der Waals surface area (Å²) in [5.41, 5.74) is 2.91. The highest BCUT2D eigenvalue weighted by Gasteiger charge is 2.37. The monoisotopic (exact) mass is 643 g/mol. The van der Waals surface area contributed by atoms with Crippen molar-refractivity contribution in [3.63, 3.8) is 0 Å². The number of hydrogen-bond donors (Lipinski definition) is 0. The maximum Gasteiger partial charge on any atom is 0.338 e. The summed E-state index contributed by atoms with van der Waals surface area (Å²) in [6.07, 6.45) is 0. The number of halogens is 1. The number of anilines is 1. The van der Waals surface area contributed by atoms with Crippen LogP contribution in [-0.4, -0.2) is 36.6 Å². The molecule has 0 spiro atoms. The minimum atomic E-state index is -0.972. The maximum absolute atomic E-state index is 14.4. The molecule has 45 heavy (non-hydrogen) atoms. The molecule has 1 aromatic heterocycles. The first-order chi connectivity index (χ1) is 21.6. The fraction of sp³-hybridized carbons (Fsp3) is 0.182. The number of nitrogens with zero attached hydrogens (tertiary/aromatic N) is 3. The Morgan fingerprint density at radius 2 is 1.73 bits per heavy atom. The number of carbonyl (C=O) groups is 3. The molecule has 0 N–H and O–H groups in total. The van der Waals surface area contributed by atoms with Crippen molar-refractivity contribution in [2.75, 3.05) is 19.1 Å². The predicted molar refractivity (Wildman–Crippen MR) is 168 cm³/mol. The topological polar surface area (TPSA) is 117 Å². The number of amides is 1. The number of benzene rings is 3. The molecule has 0 saturated heterocycles. The number of esters is 2. The minimum Gasteiger partial charge on any atom is -0.493 e. The average molecular weight is 644 g/mol. The van der Waals surface area contributed by atoms with Crippen molar-refractivity contribution in [3.8, 4) is 11.5 Å². The van der Waals surface area contributed by atoms with E-state index in [1.165, 1.54) is 31.8 Å². The number of hydrogen-bond acceptors (Lipinski definition) is 9. The van der Waals surface area contributed by atoms with Gasteiger partial charge in [-0.1, -0.05) is 59.3 Å². The standard InChI is InChI=1S/C33H26ClN3O7S/c1-17-26(32(41)43-4)28(20-11-14-24(44-18(2)38)25(15-20)42-3)37-31(40)29(45-33(37)35-17)27-22-7-5-6-8-23(22)36(30(27)39)16-19-9-12-21(34)13-10-19/h5-15,28H,16H2,1-4H3/b29-27-. The Hall–Kier alpha value is -5.00. The molecule has 3 heterocycles. The largest absolute Gasteiger partial charge is 0.493 e. The summed E-state index contributed by atoms with van der Waals surface area (Å²) >= 11 is 7.15. The van der Waals surface area contributed by atoms with Crippen LogP contribution in [0.5, 0.6) is 11.5 Å². The average Bonchev–Trinajstić information content (AvgIpc) is 3.49. The van der Waals surface area contributed by atoms with Crippen LogP contribution in [0.2, 0.25) is 5.02 Å². The lowest BCUT2D eigenvalue weighted by molar-refractivity contribution is -0.136. The highest BCUT2D eigenvalue weighted by molar-refractivity contribution is 7.07. The molecule has 6 rings (SSSR count). The van der Waals surface area contributed by atoms with E-state index in [-0.39, 0.29) is 39.6 Å². The molecule has 0 bridgehead atoms. The number of thiazole rings is 1. The highest BCUT2D eigenvalue weighted by Crippen LogP contribution is 2.38. The molecule has 1 unspecified atom stereocenters. The van der Waals surface area contributed by atoms with E-state index in [1.54, 1.807) is 36.1 Å². The normalized spacial score (nSPS) is 16.6. The second kappa shape index (κ2) is 11.8. The van der Waals surface area contributed by atoms with Gasteiger partial charge in [0.05, 0.1) is 49.3 Å². The Morgan fingerprint density at radius 3 is 2.42 bits per heavy atom. The van der Waals surface area contributed by atoms with Crippen LogP contribution < -0.4 is 29.3 Å². The van der Waals surface area contributed by atoms with Crippen LogP contribution in [0.1, 0.15) is 36.6 Å². The van der Waals surface area contributed by atoms with E-state index >= 15 is 0 Å². The van der Waals surface area contributed by atoms with Gasteiger partial charge in [-0.15, -0.1) is 0 Å². The van der Waals surface area contributed by atoms with E-state index in [1.807, 2.05) is 36.4 Å². The van der Waals surface area contributed by atoms with Gasteiger partial charge in [-0.05, 0) is 48.4 Å². The molecular formula is C33H26ClN3O7S. The van der Waals surface area contributed by atoms with Crippen LogP contribution in [-0.2, 0) is 25.7 Å². The van der Waals surface area contributed by atoms with Crippen LogP contribution in [0, 0.1) is 0 Å². The fourth-order valence-electron chi connectivity index (χ4n) is 5.58. The molecule has 228 valence electrons. The van der Waals surface area contributed by atoms with Crippen molar-refractivity contribution in [3.05, 3.63) is 119 Å². The maximum atomic E-state index is 14.4. The Morgan fingerprint density at radius 1 is 1.00 bits per heavy atom. The van der Waals surface area contributed by atoms with Crippen LogP contribution in [0.3, 0.4) is 0 Å². The van der Waals surface area contributed by atoms with Crippen LogP contribution in [0.4, 0.5) is 5.69 Å². The number of fused-ring (bicyclic) bond motifs is 2. The van der Waals surface area contributed by atoms with Gasteiger partial charge in [-0.3, -0.25) is 19.0 Å². The third-order valence-electron chi connectivity index (χ3n) is 7.56. The molecule has 3 aromatic carbocycles. The van der Waals surface area contributed by atoms with Gasteiger partial charge < -0.3 is 19.1 Å². The molecule has 0 saturated carbocycles. The molecule has 0 fully saturated rings. The molecule has 1 atom stereocenters. The van der Waals surface area contributed by atoms with E-state index in [0.29, 0.717) is 32.3 Å². The Balaban J connectivity index is 1.56. The molecule has 2 aliphatic rings. The fourth-order valence-corrected chi connectivity index (χ4v) is 6.84. The molecule has 0 aliphatic carbocycles. The van der Waals surface area contributed by atoms with Gasteiger partial charge in [-0.2, -0.15) is 0 Å². The number of methoxy groups -OCH3 is 2. The first-order valence-electron chi connectivity index (χ1n) is 13.8. The first-order valence-corrected chi connectivity index (χ1v) is 15.0. The number of para-hydroxylation sites is 1. The number of ether oxygens (including phenoxy) is 3. The summed E-state index contributed by atoms with van der Waals surface area (Å²) in [5.74, 6) is -1.13. The van der Waals surface area contributed by atoms with Crippen LogP contribution in [0.15, 0.2) is 87.8 Å². The van der Waals surface area contributed by atoms with E-state index < -0.39 is 23.5 Å². The Bertz CT molecular complexity index is 2110. The second-order valence-corrected chi connectivity index (χ2v) is 11.7. The summed E-state index contributed by atoms with van der Waals surface area (Å²) < 4.78 is 17.4. The van der Waals surface area contributed by atoms with Gasteiger partial charge in [0.1, 0.15) is 4.53 Å². The summed E-state index contributed by atoms with van der Waals surface area (Å²) in [6.45, 7) is 3.21. The van der Waals surface area contributed by atoms with E-state index in [9.17, 15) is 19.2 Å². The Kier molecular flexibility index (Phi) is 7.90. The van der Waals surface area contributed by atoms with Gasteiger partial charge in [0.25, 0.3) is 11.5 Å². The number of aromatic nitrogens is 1. The lowest BCUT2D eigenvalue weighted by atomic mass is 9.95. The second-order valence-electron chi connectivity index (χ2n) is 10.3. The van der Waals surface area contributed by atoms with Crippen molar-refractivity contribution in [2.45, 2.75) is 26.4 Å². The summed E-state index contributed by atoms with van der Waals surface area (Å²) in [4.78, 5) is 59.8. The SMILES string of the molecule is COC(=O)C1=C(C)N=c2s/c(=C3\C(=O)N(Cc4ccc(Cl)cc4)c4ccccc43)c(=O)n2C1c1ccc(OC(C)=O)c(OC)c1. The van der Waals surface area contributed by atoms with Crippen molar-refractivity contribution < 1.29 is 28.6 Å². The van der Waals surface area contributed by atoms with Gasteiger partial charge >= 0.3 is 11.9 Å².